The lowest BCUT2D eigenvalue weighted by Gasteiger charge is -2.09. The monoisotopic (exact) mass is 299 g/mol. The van der Waals surface area contributed by atoms with Gasteiger partial charge in [0.2, 0.25) is 11.8 Å². The molecule has 0 saturated carbocycles. The molecule has 0 aliphatic heterocycles. The van der Waals surface area contributed by atoms with Gasteiger partial charge in [0.1, 0.15) is 5.75 Å². The molecule has 0 aliphatic rings. The molecule has 0 spiro atoms. The fourth-order valence-corrected chi connectivity index (χ4v) is 1.84. The van der Waals surface area contributed by atoms with Crippen molar-refractivity contribution < 1.29 is 14.3 Å². The highest BCUT2D eigenvalue weighted by atomic mass is 16.5. The first-order chi connectivity index (χ1) is 10.6. The number of nitrogens with two attached hydrogens (primary N) is 1. The summed E-state index contributed by atoms with van der Waals surface area (Å²) >= 11 is 0. The van der Waals surface area contributed by atoms with Crippen molar-refractivity contribution in [3.8, 4) is 5.75 Å². The Labute approximate surface area is 128 Å². The fourth-order valence-electron chi connectivity index (χ4n) is 1.84. The van der Waals surface area contributed by atoms with Crippen molar-refractivity contribution >= 4 is 23.2 Å². The molecule has 2 aromatic carbocycles. The Bertz CT molecular complexity index is 669. The van der Waals surface area contributed by atoms with Crippen molar-refractivity contribution in [3.05, 3.63) is 54.1 Å². The number of amides is 2. The Morgan fingerprint density at radius 3 is 2.45 bits per heavy atom. The normalized spacial score (nSPS) is 9.86. The second-order valence-corrected chi connectivity index (χ2v) is 4.58. The molecule has 2 aromatic rings. The van der Waals surface area contributed by atoms with Gasteiger partial charge in [-0.2, -0.15) is 0 Å². The molecule has 6 heteroatoms. The van der Waals surface area contributed by atoms with Crippen LogP contribution in [0.3, 0.4) is 0 Å². The molecule has 0 heterocycles. The summed E-state index contributed by atoms with van der Waals surface area (Å²) in [4.78, 5) is 22.8. The summed E-state index contributed by atoms with van der Waals surface area (Å²) in [5.41, 5.74) is 6.94. The van der Waals surface area contributed by atoms with E-state index in [-0.39, 0.29) is 12.5 Å². The smallest absolute Gasteiger partial charge is 0.248 e. The third-order valence-corrected chi connectivity index (χ3v) is 2.98. The lowest BCUT2D eigenvalue weighted by atomic mass is 10.2. The van der Waals surface area contributed by atoms with Crippen LogP contribution in [-0.2, 0) is 4.79 Å². The van der Waals surface area contributed by atoms with Crippen LogP contribution in [0.4, 0.5) is 11.4 Å². The van der Waals surface area contributed by atoms with E-state index in [9.17, 15) is 9.59 Å². The number of rotatable bonds is 6. The molecule has 0 unspecified atom stereocenters. The summed E-state index contributed by atoms with van der Waals surface area (Å²) in [6, 6.07) is 13.7. The fraction of sp³-hybridized carbons (Fsp3) is 0.125. The summed E-state index contributed by atoms with van der Waals surface area (Å²) < 4.78 is 5.11. The van der Waals surface area contributed by atoms with Gasteiger partial charge in [0.05, 0.1) is 13.7 Å². The third-order valence-electron chi connectivity index (χ3n) is 2.98. The second kappa shape index (κ2) is 7.12. The Morgan fingerprint density at radius 1 is 1.09 bits per heavy atom. The number of hydrogen-bond acceptors (Lipinski definition) is 4. The Balaban J connectivity index is 1.88. The van der Waals surface area contributed by atoms with Crippen LogP contribution in [0, 0.1) is 0 Å². The first kappa shape index (κ1) is 15.4. The maximum absolute atomic E-state index is 11.9. The van der Waals surface area contributed by atoms with E-state index < -0.39 is 5.91 Å². The first-order valence-corrected chi connectivity index (χ1v) is 6.66. The number of carbonyl (C=O) groups is 2. The number of primary amides is 1. The first-order valence-electron chi connectivity index (χ1n) is 6.66. The highest BCUT2D eigenvalue weighted by molar-refractivity contribution is 5.96. The predicted octanol–water partition coefficient (Wildman–Crippen LogP) is 1.84. The number of nitrogens with one attached hydrogen (secondary N) is 2. The minimum Gasteiger partial charge on any atom is -0.497 e. The number of benzene rings is 2. The van der Waals surface area contributed by atoms with Crippen LogP contribution in [0.2, 0.25) is 0 Å². The summed E-state index contributed by atoms with van der Waals surface area (Å²) in [5, 5.41) is 5.72. The van der Waals surface area contributed by atoms with Gasteiger partial charge in [0, 0.05) is 23.0 Å². The van der Waals surface area contributed by atoms with E-state index in [0.29, 0.717) is 17.0 Å². The maximum atomic E-state index is 11.9. The molecule has 114 valence electrons. The van der Waals surface area contributed by atoms with Gasteiger partial charge >= 0.3 is 0 Å². The summed E-state index contributed by atoms with van der Waals surface area (Å²) in [6.07, 6.45) is 0. The molecule has 2 rings (SSSR count). The van der Waals surface area contributed by atoms with E-state index in [0.717, 1.165) is 5.69 Å². The lowest BCUT2D eigenvalue weighted by Crippen LogP contribution is -2.21. The number of methoxy groups -OCH3 is 1. The van der Waals surface area contributed by atoms with Gasteiger partial charge in [-0.15, -0.1) is 0 Å². The van der Waals surface area contributed by atoms with E-state index in [4.69, 9.17) is 10.5 Å². The molecule has 0 saturated heterocycles. The van der Waals surface area contributed by atoms with Crippen molar-refractivity contribution in [3.63, 3.8) is 0 Å². The van der Waals surface area contributed by atoms with E-state index in [2.05, 4.69) is 10.6 Å². The molecule has 0 radical (unpaired) electrons. The Hall–Kier alpha value is -3.02. The maximum Gasteiger partial charge on any atom is 0.248 e. The molecular formula is C16H17N3O3. The van der Waals surface area contributed by atoms with Gasteiger partial charge in [0.15, 0.2) is 0 Å². The second-order valence-electron chi connectivity index (χ2n) is 4.58. The highest BCUT2D eigenvalue weighted by Crippen LogP contribution is 2.16. The minimum absolute atomic E-state index is 0.116. The Morgan fingerprint density at radius 2 is 1.82 bits per heavy atom. The van der Waals surface area contributed by atoms with Crippen molar-refractivity contribution in [2.24, 2.45) is 5.73 Å². The molecule has 0 aromatic heterocycles. The quantitative estimate of drug-likeness (QED) is 0.758. The standard InChI is InChI=1S/C16H17N3O3/c1-22-14-4-2-3-13(9-14)18-10-15(20)19-12-7-5-11(6-8-12)16(17)21/h2-9,18H,10H2,1H3,(H2,17,21)(H,19,20). The number of carbonyl (C=O) groups excluding carboxylic acids is 2. The van der Waals surface area contributed by atoms with Crippen molar-refractivity contribution in [1.29, 1.82) is 0 Å². The van der Waals surface area contributed by atoms with E-state index in [1.807, 2.05) is 18.2 Å². The van der Waals surface area contributed by atoms with E-state index >= 15 is 0 Å². The molecular weight excluding hydrogens is 282 g/mol. The third kappa shape index (κ3) is 4.24. The van der Waals surface area contributed by atoms with E-state index in [1.165, 1.54) is 0 Å². The van der Waals surface area contributed by atoms with Crippen molar-refractivity contribution in [2.45, 2.75) is 0 Å². The average molecular weight is 299 g/mol. The molecule has 0 fully saturated rings. The average Bonchev–Trinajstić information content (AvgIpc) is 2.53. The SMILES string of the molecule is COc1cccc(NCC(=O)Nc2ccc(C(N)=O)cc2)c1. The predicted molar refractivity (Wildman–Crippen MR) is 85.1 cm³/mol. The van der Waals surface area contributed by atoms with Crippen LogP contribution in [0.1, 0.15) is 10.4 Å². The van der Waals surface area contributed by atoms with Crippen LogP contribution in [0.15, 0.2) is 48.5 Å². The zero-order valence-electron chi connectivity index (χ0n) is 12.1. The lowest BCUT2D eigenvalue weighted by molar-refractivity contribution is -0.114. The molecule has 2 amide bonds. The number of hydrogen-bond donors (Lipinski definition) is 3. The van der Waals surface area contributed by atoms with Crippen LogP contribution in [0.5, 0.6) is 5.75 Å². The van der Waals surface area contributed by atoms with Crippen LogP contribution >= 0.6 is 0 Å². The molecule has 4 N–H and O–H groups in total. The molecule has 0 atom stereocenters. The van der Waals surface area contributed by atoms with Crippen molar-refractivity contribution in [1.82, 2.24) is 0 Å². The van der Waals surface area contributed by atoms with Gasteiger partial charge in [-0.05, 0) is 36.4 Å². The molecule has 6 nitrogen and oxygen atoms in total. The minimum atomic E-state index is -0.502. The molecule has 0 bridgehead atoms. The van der Waals surface area contributed by atoms with Gasteiger partial charge in [-0.3, -0.25) is 9.59 Å². The van der Waals surface area contributed by atoms with Crippen LogP contribution in [0.25, 0.3) is 0 Å². The van der Waals surface area contributed by atoms with Crippen molar-refractivity contribution in [2.75, 3.05) is 24.3 Å². The van der Waals surface area contributed by atoms with Gasteiger partial charge in [0.25, 0.3) is 0 Å². The summed E-state index contributed by atoms with van der Waals surface area (Å²) in [6.45, 7) is 0.116. The largest absolute Gasteiger partial charge is 0.497 e. The van der Waals surface area contributed by atoms with Crippen LogP contribution < -0.4 is 21.1 Å². The summed E-state index contributed by atoms with van der Waals surface area (Å²) in [5.74, 6) is 0.0136. The Kier molecular flexibility index (Phi) is 4.98. The zero-order valence-corrected chi connectivity index (χ0v) is 12.1. The summed E-state index contributed by atoms with van der Waals surface area (Å²) in [7, 11) is 1.58. The zero-order chi connectivity index (χ0) is 15.9. The van der Waals surface area contributed by atoms with Crippen LogP contribution in [-0.4, -0.2) is 25.5 Å². The van der Waals surface area contributed by atoms with Gasteiger partial charge in [-0.1, -0.05) is 6.07 Å². The topological polar surface area (TPSA) is 93.4 Å². The van der Waals surface area contributed by atoms with E-state index in [1.54, 1.807) is 37.4 Å². The molecule has 0 aliphatic carbocycles. The van der Waals surface area contributed by atoms with Gasteiger partial charge < -0.3 is 21.1 Å². The number of ether oxygens (including phenoxy) is 1. The highest BCUT2D eigenvalue weighted by Gasteiger charge is 2.04. The van der Waals surface area contributed by atoms with Gasteiger partial charge in [-0.25, -0.2) is 0 Å². The molecule has 22 heavy (non-hydrogen) atoms. The number of anilines is 2.